The zero-order valence-electron chi connectivity index (χ0n) is 14.1. The monoisotopic (exact) mass is 298 g/mol. The molecular weight excluding hydrogens is 272 g/mol. The first-order valence-corrected chi connectivity index (χ1v) is 7.80. The van der Waals surface area contributed by atoms with Gasteiger partial charge in [-0.15, -0.1) is 0 Å². The molecule has 0 aliphatic rings. The summed E-state index contributed by atoms with van der Waals surface area (Å²) in [5, 5.41) is 0. The first kappa shape index (κ1) is 18.0. The number of unbranched alkanes of at least 4 members (excludes halogenated alkanes) is 1. The maximum Gasteiger partial charge on any atom is 0.312 e. The minimum Gasteiger partial charge on any atom is -0.444 e. The summed E-state index contributed by atoms with van der Waals surface area (Å²) in [6, 6.07) is 9.69. The second kappa shape index (κ2) is 8.44. The summed E-state index contributed by atoms with van der Waals surface area (Å²) >= 11 is 0. The predicted molar refractivity (Wildman–Crippen MR) is 91.3 cm³/mol. The van der Waals surface area contributed by atoms with Crippen LogP contribution in [0.1, 0.15) is 52.5 Å². The molecular formula is C20H26O2. The van der Waals surface area contributed by atoms with Crippen LogP contribution < -0.4 is 0 Å². The number of ether oxygens (including phenoxy) is 1. The van der Waals surface area contributed by atoms with Crippen molar-refractivity contribution in [3.05, 3.63) is 48.0 Å². The molecule has 2 nitrogen and oxygen atoms in total. The topological polar surface area (TPSA) is 26.3 Å². The third-order valence-corrected chi connectivity index (χ3v) is 3.18. The van der Waals surface area contributed by atoms with Gasteiger partial charge in [-0.3, -0.25) is 4.79 Å². The van der Waals surface area contributed by atoms with E-state index < -0.39 is 11.5 Å². The number of benzene rings is 1. The van der Waals surface area contributed by atoms with Crippen molar-refractivity contribution in [2.45, 2.75) is 53.1 Å². The highest BCUT2D eigenvalue weighted by molar-refractivity contribution is 5.76. The number of hydrogen-bond acceptors (Lipinski definition) is 2. The van der Waals surface area contributed by atoms with Crippen LogP contribution in [0.15, 0.2) is 42.5 Å². The van der Waals surface area contributed by atoms with Gasteiger partial charge in [0, 0.05) is 5.56 Å². The molecule has 0 aliphatic heterocycles. The lowest BCUT2D eigenvalue weighted by molar-refractivity contribution is -0.154. The lowest BCUT2D eigenvalue weighted by Gasteiger charge is -2.21. The minimum atomic E-state index is -0.544. The summed E-state index contributed by atoms with van der Waals surface area (Å²) in [6.07, 6.45) is 2.38. The van der Waals surface area contributed by atoms with E-state index >= 15 is 0 Å². The van der Waals surface area contributed by atoms with Gasteiger partial charge in [-0.25, -0.2) is 0 Å². The Hall–Kier alpha value is -2.01. The molecule has 0 heterocycles. The standard InChI is InChI=1S/C20H26O2/c1-6-7-11-16(2)18(22-19(21)20(3,4)5)15-14-17-12-9-8-10-13-17/h8-10,12-13,18H,2,6-7,11H2,1,3-5H3. The van der Waals surface area contributed by atoms with E-state index in [4.69, 9.17) is 4.74 Å². The fourth-order valence-corrected chi connectivity index (χ4v) is 1.70. The van der Waals surface area contributed by atoms with Gasteiger partial charge in [0.1, 0.15) is 0 Å². The number of rotatable bonds is 5. The van der Waals surface area contributed by atoms with Gasteiger partial charge >= 0.3 is 5.97 Å². The highest BCUT2D eigenvalue weighted by Gasteiger charge is 2.26. The maximum atomic E-state index is 12.1. The van der Waals surface area contributed by atoms with Crippen LogP contribution in [0, 0.1) is 17.3 Å². The van der Waals surface area contributed by atoms with Crippen molar-refractivity contribution < 1.29 is 9.53 Å². The van der Waals surface area contributed by atoms with Gasteiger partial charge in [0.15, 0.2) is 6.10 Å². The maximum absolute atomic E-state index is 12.1. The Morgan fingerprint density at radius 3 is 2.45 bits per heavy atom. The third-order valence-electron chi connectivity index (χ3n) is 3.18. The molecule has 0 saturated heterocycles. The van der Waals surface area contributed by atoms with Gasteiger partial charge in [-0.1, -0.05) is 44.0 Å². The molecule has 0 fully saturated rings. The highest BCUT2D eigenvalue weighted by Crippen LogP contribution is 2.20. The Bertz CT molecular complexity index is 553. The molecule has 1 unspecified atom stereocenters. The summed E-state index contributed by atoms with van der Waals surface area (Å²) in [6.45, 7) is 11.7. The van der Waals surface area contributed by atoms with Crippen LogP contribution in [0.25, 0.3) is 0 Å². The minimum absolute atomic E-state index is 0.252. The van der Waals surface area contributed by atoms with E-state index in [-0.39, 0.29) is 5.97 Å². The average Bonchev–Trinajstić information content (AvgIpc) is 2.48. The molecule has 1 aromatic rings. The summed E-state index contributed by atoms with van der Waals surface area (Å²) < 4.78 is 5.58. The fraction of sp³-hybridized carbons (Fsp3) is 0.450. The van der Waals surface area contributed by atoms with Crippen molar-refractivity contribution in [2.75, 3.05) is 0 Å². The van der Waals surface area contributed by atoms with Crippen LogP contribution in [0.2, 0.25) is 0 Å². The molecule has 0 amide bonds. The van der Waals surface area contributed by atoms with E-state index in [0.29, 0.717) is 0 Å². The van der Waals surface area contributed by atoms with Gasteiger partial charge in [-0.2, -0.15) is 0 Å². The van der Waals surface area contributed by atoms with E-state index in [2.05, 4.69) is 25.3 Å². The summed E-state index contributed by atoms with van der Waals surface area (Å²) in [5.41, 5.74) is 1.23. The van der Waals surface area contributed by atoms with Crippen molar-refractivity contribution in [1.82, 2.24) is 0 Å². The Balaban J connectivity index is 2.89. The van der Waals surface area contributed by atoms with Crippen molar-refractivity contribution in [2.24, 2.45) is 5.41 Å². The van der Waals surface area contributed by atoms with Crippen LogP contribution in [-0.2, 0) is 9.53 Å². The smallest absolute Gasteiger partial charge is 0.312 e. The molecule has 0 aromatic heterocycles. The van der Waals surface area contributed by atoms with Crippen LogP contribution in [-0.4, -0.2) is 12.1 Å². The molecule has 0 spiro atoms. The van der Waals surface area contributed by atoms with Crippen LogP contribution in [0.4, 0.5) is 0 Å². The molecule has 22 heavy (non-hydrogen) atoms. The van der Waals surface area contributed by atoms with Gasteiger partial charge < -0.3 is 4.74 Å². The van der Waals surface area contributed by atoms with Crippen molar-refractivity contribution >= 4 is 5.97 Å². The van der Waals surface area contributed by atoms with Gasteiger partial charge in [0.05, 0.1) is 5.41 Å². The van der Waals surface area contributed by atoms with Crippen molar-refractivity contribution in [1.29, 1.82) is 0 Å². The Morgan fingerprint density at radius 1 is 1.27 bits per heavy atom. The van der Waals surface area contributed by atoms with Crippen LogP contribution in [0.3, 0.4) is 0 Å². The van der Waals surface area contributed by atoms with Crippen LogP contribution in [0.5, 0.6) is 0 Å². The van der Waals surface area contributed by atoms with Crippen molar-refractivity contribution in [3.63, 3.8) is 0 Å². The quantitative estimate of drug-likeness (QED) is 0.446. The van der Waals surface area contributed by atoms with E-state index in [1.165, 1.54) is 0 Å². The van der Waals surface area contributed by atoms with Gasteiger partial charge in [-0.05, 0) is 57.2 Å². The predicted octanol–water partition coefficient (Wildman–Crippen LogP) is 4.74. The normalized spacial score (nSPS) is 12.0. The van der Waals surface area contributed by atoms with E-state index in [9.17, 15) is 4.79 Å². The van der Waals surface area contributed by atoms with E-state index in [1.807, 2.05) is 51.1 Å². The second-order valence-corrected chi connectivity index (χ2v) is 6.43. The highest BCUT2D eigenvalue weighted by atomic mass is 16.5. The van der Waals surface area contributed by atoms with Gasteiger partial charge in [0.2, 0.25) is 0 Å². The number of esters is 1. The van der Waals surface area contributed by atoms with Gasteiger partial charge in [0.25, 0.3) is 0 Å². The van der Waals surface area contributed by atoms with E-state index in [0.717, 1.165) is 30.4 Å². The number of carbonyl (C=O) groups is 1. The first-order valence-electron chi connectivity index (χ1n) is 7.80. The summed E-state index contributed by atoms with van der Waals surface area (Å²) in [7, 11) is 0. The molecule has 0 saturated carbocycles. The third kappa shape index (κ3) is 6.18. The summed E-state index contributed by atoms with van der Waals surface area (Å²) in [4.78, 5) is 12.1. The second-order valence-electron chi connectivity index (χ2n) is 6.43. The zero-order valence-corrected chi connectivity index (χ0v) is 14.1. The molecule has 0 N–H and O–H groups in total. The lowest BCUT2D eigenvalue weighted by Crippen LogP contribution is -2.28. The molecule has 118 valence electrons. The molecule has 0 radical (unpaired) electrons. The molecule has 1 aromatic carbocycles. The lowest BCUT2D eigenvalue weighted by atomic mass is 9.97. The first-order chi connectivity index (χ1) is 10.3. The Kier molecular flexibility index (Phi) is 6.92. The molecule has 0 bridgehead atoms. The summed E-state index contributed by atoms with van der Waals surface area (Å²) in [5.74, 6) is 5.87. The molecule has 1 atom stereocenters. The number of carbonyl (C=O) groups excluding carboxylic acids is 1. The average molecular weight is 298 g/mol. The zero-order chi connectivity index (χ0) is 16.6. The largest absolute Gasteiger partial charge is 0.444 e. The van der Waals surface area contributed by atoms with Crippen molar-refractivity contribution in [3.8, 4) is 11.8 Å². The Labute approximate surface area is 134 Å². The molecule has 0 aliphatic carbocycles. The fourth-order valence-electron chi connectivity index (χ4n) is 1.70. The van der Waals surface area contributed by atoms with E-state index in [1.54, 1.807) is 0 Å². The molecule has 1 rings (SSSR count). The Morgan fingerprint density at radius 2 is 1.91 bits per heavy atom. The van der Waals surface area contributed by atoms with Crippen LogP contribution >= 0.6 is 0 Å². The SMILES string of the molecule is C=C(CCCC)C(C#Cc1ccccc1)OC(=O)C(C)(C)C. The number of hydrogen-bond donors (Lipinski definition) is 0. The molecule has 2 heteroatoms.